The van der Waals surface area contributed by atoms with E-state index in [1.54, 1.807) is 12.4 Å². The molecule has 2 aliphatic heterocycles. The van der Waals surface area contributed by atoms with Gasteiger partial charge in [0.15, 0.2) is 5.82 Å². The number of likely N-dealkylation sites (tertiary alicyclic amines) is 2. The molecule has 1 N–H and O–H groups in total. The number of benzene rings is 1. The number of nitrogens with zero attached hydrogens (tertiary/aromatic N) is 5. The van der Waals surface area contributed by atoms with E-state index in [0.717, 1.165) is 35.8 Å². The maximum Gasteiger partial charge on any atom is 0.255 e. The normalized spacial score (nSPS) is 20.1. The van der Waals surface area contributed by atoms with E-state index in [4.69, 9.17) is 4.98 Å². The zero-order valence-electron chi connectivity index (χ0n) is 18.3. The predicted octanol–water partition coefficient (Wildman–Crippen LogP) is 3.83. The van der Waals surface area contributed by atoms with Crippen molar-refractivity contribution in [3.63, 3.8) is 0 Å². The second-order valence-electron chi connectivity index (χ2n) is 9.36. The lowest BCUT2D eigenvalue weighted by molar-refractivity contribution is 0.00176. The molecule has 2 aliphatic rings. The summed E-state index contributed by atoms with van der Waals surface area (Å²) in [7, 11) is 0. The van der Waals surface area contributed by atoms with Crippen LogP contribution in [0, 0.1) is 5.41 Å². The molecule has 2 aromatic heterocycles. The number of carbonyl (C=O) groups excluding carboxylic acids is 1. The van der Waals surface area contributed by atoms with Gasteiger partial charge in [0.2, 0.25) is 0 Å². The number of aromatic amines is 1. The van der Waals surface area contributed by atoms with E-state index < -0.39 is 0 Å². The second kappa shape index (κ2) is 8.41. The number of rotatable bonds is 5. The first-order valence-corrected chi connectivity index (χ1v) is 11.8. The molecule has 1 spiro atoms. The molecule has 0 saturated carbocycles. The molecule has 0 radical (unpaired) electrons. The molecule has 5 rings (SSSR count). The summed E-state index contributed by atoms with van der Waals surface area (Å²) in [5.41, 5.74) is 1.90. The zero-order chi connectivity index (χ0) is 22.3. The summed E-state index contributed by atoms with van der Waals surface area (Å²) >= 11 is 3.41. The molecule has 32 heavy (non-hydrogen) atoms. The third-order valence-corrected chi connectivity index (χ3v) is 7.02. The molecule has 2 fully saturated rings. The van der Waals surface area contributed by atoms with Gasteiger partial charge in [0.1, 0.15) is 5.82 Å². The molecule has 0 bridgehead atoms. The predicted molar refractivity (Wildman–Crippen MR) is 125 cm³/mol. The van der Waals surface area contributed by atoms with E-state index in [-0.39, 0.29) is 23.2 Å². The fourth-order valence-electron chi connectivity index (χ4n) is 5.00. The van der Waals surface area contributed by atoms with Gasteiger partial charge < -0.3 is 4.90 Å². The second-order valence-corrected chi connectivity index (χ2v) is 10.3. The number of carbonyl (C=O) groups is 1. The Morgan fingerprint density at radius 2 is 2.00 bits per heavy atom. The minimum atomic E-state index is -0.0162. The van der Waals surface area contributed by atoms with Crippen LogP contribution < -0.4 is 0 Å². The van der Waals surface area contributed by atoms with Crippen LogP contribution in [0.2, 0.25) is 0 Å². The van der Waals surface area contributed by atoms with E-state index in [9.17, 15) is 4.79 Å². The number of pyridine rings is 1. The fraction of sp³-hybridized carbons (Fsp3) is 0.417. The van der Waals surface area contributed by atoms with Gasteiger partial charge >= 0.3 is 0 Å². The average molecular weight is 495 g/mol. The van der Waals surface area contributed by atoms with Crippen LogP contribution in [-0.4, -0.2) is 62.1 Å². The lowest BCUT2D eigenvalue weighted by Gasteiger charge is -2.50. The van der Waals surface area contributed by atoms with Crippen LogP contribution in [0.1, 0.15) is 53.3 Å². The van der Waals surface area contributed by atoms with Gasteiger partial charge in [-0.2, -0.15) is 5.10 Å². The van der Waals surface area contributed by atoms with Gasteiger partial charge in [-0.05, 0) is 27.6 Å². The number of hydrogen-bond acceptors (Lipinski definition) is 5. The molecule has 1 amide bonds. The van der Waals surface area contributed by atoms with Crippen LogP contribution >= 0.6 is 15.9 Å². The van der Waals surface area contributed by atoms with Crippen LogP contribution in [0.5, 0.6) is 0 Å². The van der Waals surface area contributed by atoms with Gasteiger partial charge in [0.25, 0.3) is 5.91 Å². The average Bonchev–Trinajstić information content (AvgIpc) is 3.38. The van der Waals surface area contributed by atoms with Gasteiger partial charge in [-0.15, -0.1) is 0 Å². The molecule has 1 unspecified atom stereocenters. The van der Waals surface area contributed by atoms with Crippen molar-refractivity contribution >= 4 is 21.8 Å². The topological polar surface area (TPSA) is 78.0 Å². The summed E-state index contributed by atoms with van der Waals surface area (Å²) in [6.45, 7) is 8.38. The molecule has 4 heterocycles. The minimum Gasteiger partial charge on any atom is -0.337 e. The Hall–Kier alpha value is -2.58. The number of nitrogens with one attached hydrogen (secondary N) is 1. The van der Waals surface area contributed by atoms with Crippen LogP contribution in [0.15, 0.2) is 53.3 Å². The van der Waals surface area contributed by atoms with Crippen LogP contribution in [0.3, 0.4) is 0 Å². The fourth-order valence-corrected chi connectivity index (χ4v) is 5.37. The molecule has 166 valence electrons. The molecular formula is C24H27BrN6O. The van der Waals surface area contributed by atoms with E-state index in [1.807, 2.05) is 17.0 Å². The summed E-state index contributed by atoms with van der Waals surface area (Å²) in [6, 6.07) is 12.4. The van der Waals surface area contributed by atoms with Crippen molar-refractivity contribution in [2.24, 2.45) is 5.41 Å². The van der Waals surface area contributed by atoms with Crippen LogP contribution in [-0.2, 0) is 6.54 Å². The Bertz CT molecular complexity index is 1110. The quantitative estimate of drug-likeness (QED) is 0.582. The maximum atomic E-state index is 13.0. The lowest BCUT2D eigenvalue weighted by Crippen LogP contribution is -2.61. The minimum absolute atomic E-state index is 0.0162. The summed E-state index contributed by atoms with van der Waals surface area (Å²) in [5, 5.41) is 7.67. The van der Waals surface area contributed by atoms with Crippen LogP contribution in [0.4, 0.5) is 0 Å². The first-order valence-electron chi connectivity index (χ1n) is 11.0. The highest BCUT2D eigenvalue weighted by atomic mass is 79.9. The van der Waals surface area contributed by atoms with E-state index in [2.05, 4.69) is 74.1 Å². The summed E-state index contributed by atoms with van der Waals surface area (Å²) in [6.07, 6.45) is 3.33. The first-order chi connectivity index (χ1) is 15.4. The molecule has 3 aromatic rings. The molecule has 1 atom stereocenters. The summed E-state index contributed by atoms with van der Waals surface area (Å²) < 4.78 is 0.814. The van der Waals surface area contributed by atoms with Crippen molar-refractivity contribution in [1.82, 2.24) is 30.0 Å². The van der Waals surface area contributed by atoms with Crippen molar-refractivity contribution in [2.75, 3.05) is 26.2 Å². The maximum absolute atomic E-state index is 13.0. The van der Waals surface area contributed by atoms with E-state index >= 15 is 0 Å². The SMILES string of the molecule is CC(C)c1n[nH]c(C2CN(Cc3ccccc3)CC23CN(C(=O)c2cncc(Br)c2)C3)n1. The summed E-state index contributed by atoms with van der Waals surface area (Å²) in [5.74, 6) is 2.33. The number of hydrogen-bond donors (Lipinski definition) is 1. The van der Waals surface area contributed by atoms with Crippen molar-refractivity contribution in [3.05, 3.63) is 76.0 Å². The Labute approximate surface area is 196 Å². The van der Waals surface area contributed by atoms with Gasteiger partial charge in [-0.1, -0.05) is 44.2 Å². The van der Waals surface area contributed by atoms with E-state index in [0.29, 0.717) is 18.7 Å². The first kappa shape index (κ1) is 21.3. The monoisotopic (exact) mass is 494 g/mol. The van der Waals surface area contributed by atoms with E-state index in [1.165, 1.54) is 5.56 Å². The van der Waals surface area contributed by atoms with Gasteiger partial charge in [0.05, 0.1) is 5.56 Å². The van der Waals surface area contributed by atoms with Crippen molar-refractivity contribution in [2.45, 2.75) is 32.2 Å². The third kappa shape index (κ3) is 3.97. The van der Waals surface area contributed by atoms with Crippen LogP contribution in [0.25, 0.3) is 0 Å². The summed E-state index contributed by atoms with van der Waals surface area (Å²) in [4.78, 5) is 26.5. The highest BCUT2D eigenvalue weighted by Crippen LogP contribution is 2.49. The number of halogens is 1. The third-order valence-electron chi connectivity index (χ3n) is 6.58. The molecule has 0 aliphatic carbocycles. The van der Waals surface area contributed by atoms with Gasteiger partial charge in [-0.25, -0.2) is 4.98 Å². The smallest absolute Gasteiger partial charge is 0.255 e. The Morgan fingerprint density at radius 3 is 2.69 bits per heavy atom. The molecule has 2 saturated heterocycles. The number of H-pyrrole nitrogens is 1. The van der Waals surface area contributed by atoms with Gasteiger partial charge in [0, 0.05) is 66.8 Å². The highest BCUT2D eigenvalue weighted by Gasteiger charge is 2.56. The largest absolute Gasteiger partial charge is 0.337 e. The number of aromatic nitrogens is 4. The van der Waals surface area contributed by atoms with Crippen molar-refractivity contribution < 1.29 is 4.79 Å². The Morgan fingerprint density at radius 1 is 1.22 bits per heavy atom. The Kier molecular flexibility index (Phi) is 5.59. The molecular weight excluding hydrogens is 468 g/mol. The Balaban J connectivity index is 1.37. The lowest BCUT2D eigenvalue weighted by atomic mass is 9.71. The standard InChI is InChI=1S/C24H27BrN6O/c1-16(2)21-27-22(29-28-21)20-12-30(11-17-6-4-3-5-7-17)13-24(20)14-31(15-24)23(32)18-8-19(25)10-26-9-18/h3-10,16,20H,11-15H2,1-2H3,(H,27,28,29). The molecule has 8 heteroatoms. The van der Waals surface area contributed by atoms with Crippen molar-refractivity contribution in [1.29, 1.82) is 0 Å². The number of amides is 1. The molecule has 7 nitrogen and oxygen atoms in total. The van der Waals surface area contributed by atoms with Gasteiger partial charge in [-0.3, -0.25) is 19.8 Å². The molecule has 1 aromatic carbocycles. The van der Waals surface area contributed by atoms with Crippen molar-refractivity contribution in [3.8, 4) is 0 Å². The zero-order valence-corrected chi connectivity index (χ0v) is 19.9. The highest BCUT2D eigenvalue weighted by molar-refractivity contribution is 9.10.